The summed E-state index contributed by atoms with van der Waals surface area (Å²) < 4.78 is 5.19. The Morgan fingerprint density at radius 2 is 1.72 bits per heavy atom. The number of hydrogen-bond donors (Lipinski definition) is 1. The summed E-state index contributed by atoms with van der Waals surface area (Å²) in [4.78, 5) is 38.9. The lowest BCUT2D eigenvalue weighted by atomic mass is 9.81. The van der Waals surface area contributed by atoms with E-state index in [2.05, 4.69) is 37.2 Å². The van der Waals surface area contributed by atoms with Gasteiger partial charge in [-0.15, -0.1) is 0 Å². The minimum absolute atomic E-state index is 0.146. The number of benzene rings is 1. The van der Waals surface area contributed by atoms with Crippen LogP contribution >= 0.6 is 31.9 Å². The molecule has 1 aliphatic carbocycles. The van der Waals surface area contributed by atoms with E-state index in [1.165, 1.54) is 7.11 Å². The van der Waals surface area contributed by atoms with E-state index >= 15 is 0 Å². The molecule has 0 spiro atoms. The quantitative estimate of drug-likeness (QED) is 0.538. The Hall–Kier alpha value is -1.41. The van der Waals surface area contributed by atoms with Crippen molar-refractivity contribution in [1.29, 1.82) is 0 Å². The number of rotatable bonds is 4. The van der Waals surface area contributed by atoms with Crippen LogP contribution in [0.15, 0.2) is 24.3 Å². The molecule has 3 rings (SSSR count). The molecule has 1 N–H and O–H groups in total. The first-order valence-corrected chi connectivity index (χ1v) is 9.81. The monoisotopic (exact) mass is 472 g/mol. The zero-order valence-corrected chi connectivity index (χ0v) is 16.7. The molecule has 8 heteroatoms. The third-order valence-electron chi connectivity index (χ3n) is 4.69. The van der Waals surface area contributed by atoms with Crippen molar-refractivity contribution < 1.29 is 19.1 Å². The third kappa shape index (κ3) is 3.60. The first kappa shape index (κ1) is 18.4. The van der Waals surface area contributed by atoms with Gasteiger partial charge in [0.05, 0.1) is 24.6 Å². The molecule has 0 bridgehead atoms. The summed E-state index contributed by atoms with van der Waals surface area (Å²) in [7, 11) is 1.51. The standard InChI is InChI=1S/C17H18Br2N2O4/c1-25-14-5-3-2-4-13(14)20-15(22)8-21-16(23)9-6-11(18)12(19)7-10(9)17(21)24/h2-5,9-12H,6-8H2,1H3,(H,20,22)/t9-,10-,11-,12+/m1/s1. The highest BCUT2D eigenvalue weighted by Crippen LogP contribution is 2.43. The van der Waals surface area contributed by atoms with Crippen LogP contribution in [0, 0.1) is 11.8 Å². The Morgan fingerprint density at radius 3 is 2.28 bits per heavy atom. The number of nitrogens with one attached hydrogen (secondary N) is 1. The van der Waals surface area contributed by atoms with E-state index in [0.29, 0.717) is 24.3 Å². The van der Waals surface area contributed by atoms with Crippen LogP contribution in [-0.2, 0) is 14.4 Å². The summed E-state index contributed by atoms with van der Waals surface area (Å²) in [5.74, 6) is -1.10. The van der Waals surface area contributed by atoms with E-state index in [1.807, 2.05) is 0 Å². The maximum atomic E-state index is 12.6. The Labute approximate surface area is 162 Å². The predicted molar refractivity (Wildman–Crippen MR) is 100.0 cm³/mol. The summed E-state index contributed by atoms with van der Waals surface area (Å²) >= 11 is 7.09. The number of hydrogen-bond acceptors (Lipinski definition) is 4. The molecule has 1 aliphatic heterocycles. The fourth-order valence-electron chi connectivity index (χ4n) is 3.40. The molecule has 3 amide bonds. The number of imide groups is 1. The molecule has 25 heavy (non-hydrogen) atoms. The van der Waals surface area contributed by atoms with Gasteiger partial charge in [0.25, 0.3) is 0 Å². The van der Waals surface area contributed by atoms with Gasteiger partial charge in [-0.05, 0) is 25.0 Å². The second kappa shape index (κ2) is 7.45. The number of halogens is 2. The van der Waals surface area contributed by atoms with E-state index in [4.69, 9.17) is 4.74 Å². The second-order valence-corrected chi connectivity index (χ2v) is 8.58. The number of ether oxygens (including phenoxy) is 1. The molecule has 4 atom stereocenters. The van der Waals surface area contributed by atoms with Crippen LogP contribution in [0.25, 0.3) is 0 Å². The molecule has 6 nitrogen and oxygen atoms in total. The summed E-state index contributed by atoms with van der Waals surface area (Å²) in [6.45, 7) is -0.275. The average molecular weight is 474 g/mol. The summed E-state index contributed by atoms with van der Waals surface area (Å²) in [6, 6.07) is 6.99. The van der Waals surface area contributed by atoms with Gasteiger partial charge < -0.3 is 10.1 Å². The molecule has 134 valence electrons. The SMILES string of the molecule is COc1ccccc1NC(=O)CN1C(=O)[C@@H]2C[C@@H](Br)[C@@H](Br)C[C@H]2C1=O. The lowest BCUT2D eigenvalue weighted by Crippen LogP contribution is -2.38. The normalized spacial score (nSPS) is 28.7. The molecule has 0 aromatic heterocycles. The third-order valence-corrected chi connectivity index (χ3v) is 7.42. The van der Waals surface area contributed by atoms with Gasteiger partial charge in [-0.3, -0.25) is 19.3 Å². The van der Waals surface area contributed by atoms with E-state index in [1.54, 1.807) is 24.3 Å². The Kier molecular flexibility index (Phi) is 5.48. The molecular formula is C17H18Br2N2O4. The zero-order valence-electron chi connectivity index (χ0n) is 13.6. The fourth-order valence-corrected chi connectivity index (χ4v) is 4.64. The van der Waals surface area contributed by atoms with Crippen molar-refractivity contribution in [3.8, 4) is 5.75 Å². The van der Waals surface area contributed by atoms with Gasteiger partial charge >= 0.3 is 0 Å². The van der Waals surface area contributed by atoms with Gasteiger partial charge in [0.2, 0.25) is 17.7 Å². The van der Waals surface area contributed by atoms with Crippen LogP contribution in [0.3, 0.4) is 0 Å². The molecule has 2 fully saturated rings. The molecule has 1 aromatic carbocycles. The molecule has 1 aromatic rings. The van der Waals surface area contributed by atoms with Gasteiger partial charge in [-0.2, -0.15) is 0 Å². The molecule has 1 saturated heterocycles. The largest absolute Gasteiger partial charge is 0.495 e. The van der Waals surface area contributed by atoms with Crippen molar-refractivity contribution in [1.82, 2.24) is 4.90 Å². The molecule has 0 radical (unpaired) electrons. The number of fused-ring (bicyclic) bond motifs is 1. The highest BCUT2D eigenvalue weighted by atomic mass is 79.9. The van der Waals surface area contributed by atoms with Crippen LogP contribution in [0.5, 0.6) is 5.75 Å². The van der Waals surface area contributed by atoms with Gasteiger partial charge in [0, 0.05) is 9.65 Å². The van der Waals surface area contributed by atoms with Crippen LogP contribution in [0.1, 0.15) is 12.8 Å². The Balaban J connectivity index is 1.69. The maximum Gasteiger partial charge on any atom is 0.244 e. The van der Waals surface area contributed by atoms with Crippen LogP contribution in [0.2, 0.25) is 0 Å². The molecule has 2 aliphatic rings. The molecule has 1 heterocycles. The number of carbonyl (C=O) groups excluding carboxylic acids is 3. The average Bonchev–Trinajstić information content (AvgIpc) is 2.81. The number of methoxy groups -OCH3 is 1. The van der Waals surface area contributed by atoms with E-state index in [-0.39, 0.29) is 39.8 Å². The van der Waals surface area contributed by atoms with Crippen LogP contribution in [-0.4, -0.2) is 45.9 Å². The number of para-hydroxylation sites is 2. The topological polar surface area (TPSA) is 75.7 Å². The smallest absolute Gasteiger partial charge is 0.244 e. The van der Waals surface area contributed by atoms with Crippen LogP contribution in [0.4, 0.5) is 5.69 Å². The Morgan fingerprint density at radius 1 is 1.16 bits per heavy atom. The number of likely N-dealkylation sites (tertiary alicyclic amines) is 1. The minimum Gasteiger partial charge on any atom is -0.495 e. The van der Waals surface area contributed by atoms with Crippen molar-refractivity contribution in [2.45, 2.75) is 22.5 Å². The lowest BCUT2D eigenvalue weighted by molar-refractivity contribution is -0.142. The number of amides is 3. The predicted octanol–water partition coefficient (Wildman–Crippen LogP) is 2.56. The lowest BCUT2D eigenvalue weighted by Gasteiger charge is -2.29. The van der Waals surface area contributed by atoms with Crippen LogP contribution < -0.4 is 10.1 Å². The summed E-state index contributed by atoms with van der Waals surface area (Å²) in [5.41, 5.74) is 0.507. The number of anilines is 1. The zero-order chi connectivity index (χ0) is 18.1. The molecular weight excluding hydrogens is 456 g/mol. The van der Waals surface area contributed by atoms with Crippen molar-refractivity contribution in [3.05, 3.63) is 24.3 Å². The highest BCUT2D eigenvalue weighted by Gasteiger charge is 2.52. The van der Waals surface area contributed by atoms with E-state index in [0.717, 1.165) is 4.90 Å². The van der Waals surface area contributed by atoms with Crippen molar-refractivity contribution in [2.24, 2.45) is 11.8 Å². The van der Waals surface area contributed by atoms with Gasteiger partial charge in [0.1, 0.15) is 12.3 Å². The second-order valence-electron chi connectivity index (χ2n) is 6.23. The maximum absolute atomic E-state index is 12.6. The summed E-state index contributed by atoms with van der Waals surface area (Å²) in [6.07, 6.45) is 1.19. The number of nitrogens with zero attached hydrogens (tertiary/aromatic N) is 1. The molecule has 1 saturated carbocycles. The number of alkyl halides is 2. The minimum atomic E-state index is -0.421. The number of carbonyl (C=O) groups is 3. The Bertz CT molecular complexity index is 684. The highest BCUT2D eigenvalue weighted by molar-refractivity contribution is 9.12. The van der Waals surface area contributed by atoms with Crippen molar-refractivity contribution in [3.63, 3.8) is 0 Å². The first-order chi connectivity index (χ1) is 11.9. The fraction of sp³-hybridized carbons (Fsp3) is 0.471. The van der Waals surface area contributed by atoms with Crippen molar-refractivity contribution >= 4 is 55.3 Å². The van der Waals surface area contributed by atoms with Gasteiger partial charge in [-0.1, -0.05) is 44.0 Å². The summed E-state index contributed by atoms with van der Waals surface area (Å²) in [5, 5.41) is 2.70. The van der Waals surface area contributed by atoms with Crippen molar-refractivity contribution in [2.75, 3.05) is 19.0 Å². The van der Waals surface area contributed by atoms with Gasteiger partial charge in [0.15, 0.2) is 0 Å². The first-order valence-electron chi connectivity index (χ1n) is 7.98. The van der Waals surface area contributed by atoms with E-state index in [9.17, 15) is 14.4 Å². The molecule has 0 unspecified atom stereocenters. The van der Waals surface area contributed by atoms with E-state index < -0.39 is 5.91 Å². The van der Waals surface area contributed by atoms with Gasteiger partial charge in [-0.25, -0.2) is 0 Å².